The van der Waals surface area contributed by atoms with Gasteiger partial charge in [-0.1, -0.05) is 366 Å². The molecule has 0 rings (SSSR count). The number of hydrogen-bond acceptors (Lipinski definition) is 5. The summed E-state index contributed by atoms with van der Waals surface area (Å²) in [5.41, 5.74) is 0. The Bertz CT molecular complexity index is 1250. The lowest BCUT2D eigenvalue weighted by atomic mass is 10.0. The zero-order chi connectivity index (χ0) is 57.8. The fourth-order valence-electron chi connectivity index (χ4n) is 11.7. The van der Waals surface area contributed by atoms with E-state index in [1.54, 1.807) is 0 Å². The van der Waals surface area contributed by atoms with E-state index in [1.807, 2.05) is 0 Å². The molecule has 80 heavy (non-hydrogen) atoms. The van der Waals surface area contributed by atoms with Gasteiger partial charge in [0, 0.05) is 12.8 Å². The average molecular weight is 1130 g/mol. The van der Waals surface area contributed by atoms with Gasteiger partial charge in [0.25, 0.3) is 0 Å². The summed E-state index contributed by atoms with van der Waals surface area (Å²) in [6, 6.07) is -0.538. The maximum Gasteiger partial charge on any atom is 0.305 e. The standard InChI is InChI=1S/C74H143NO5/c1-3-5-7-9-11-13-15-16-17-18-34-38-41-44-48-52-56-60-64-68-74(79)80-69-65-61-57-53-49-45-42-39-36-33-31-29-27-25-23-21-19-20-22-24-26-28-30-32-35-37-40-43-47-51-55-59-63-67-73(78)75-71(70-76)72(77)66-62-58-54-50-46-14-12-10-8-6-4-2/h23,25,29,31,71-72,76-77H,3-22,24,26-28,30,32-70H2,1-2H3,(H,75,78)/b25-23-,31-29-. The lowest BCUT2D eigenvalue weighted by molar-refractivity contribution is -0.143. The molecule has 2 atom stereocenters. The molecule has 0 aliphatic carbocycles. The molecule has 0 radical (unpaired) electrons. The zero-order valence-corrected chi connectivity index (χ0v) is 54.3. The van der Waals surface area contributed by atoms with Crippen LogP contribution in [0.2, 0.25) is 0 Å². The number of ether oxygens (including phenoxy) is 1. The van der Waals surface area contributed by atoms with Crippen molar-refractivity contribution in [3.8, 4) is 0 Å². The Balaban J connectivity index is 3.34. The number of hydrogen-bond donors (Lipinski definition) is 3. The van der Waals surface area contributed by atoms with Gasteiger partial charge in [0.1, 0.15) is 0 Å². The van der Waals surface area contributed by atoms with E-state index in [0.717, 1.165) is 44.9 Å². The third kappa shape index (κ3) is 65.5. The molecule has 0 saturated heterocycles. The number of nitrogens with one attached hydrogen (secondary N) is 1. The van der Waals surface area contributed by atoms with E-state index in [1.165, 1.54) is 334 Å². The average Bonchev–Trinajstić information content (AvgIpc) is 3.46. The van der Waals surface area contributed by atoms with Crippen molar-refractivity contribution in [3.63, 3.8) is 0 Å². The Morgan fingerprint density at radius 3 is 0.950 bits per heavy atom. The van der Waals surface area contributed by atoms with Crippen molar-refractivity contribution in [1.29, 1.82) is 0 Å². The highest BCUT2D eigenvalue weighted by Crippen LogP contribution is 2.19. The van der Waals surface area contributed by atoms with Crippen molar-refractivity contribution in [1.82, 2.24) is 5.32 Å². The topological polar surface area (TPSA) is 95.9 Å². The molecular formula is C74H143NO5. The van der Waals surface area contributed by atoms with E-state index < -0.39 is 12.1 Å². The fraction of sp³-hybridized carbons (Fsp3) is 0.919. The monoisotopic (exact) mass is 1130 g/mol. The van der Waals surface area contributed by atoms with Crippen LogP contribution in [0, 0.1) is 0 Å². The van der Waals surface area contributed by atoms with Crippen molar-refractivity contribution in [2.45, 2.75) is 424 Å². The van der Waals surface area contributed by atoms with Gasteiger partial charge >= 0.3 is 5.97 Å². The highest BCUT2D eigenvalue weighted by molar-refractivity contribution is 5.76. The predicted molar refractivity (Wildman–Crippen MR) is 352 cm³/mol. The first kappa shape index (κ1) is 78.3. The van der Waals surface area contributed by atoms with Crippen LogP contribution in [-0.2, 0) is 14.3 Å². The second-order valence-electron chi connectivity index (χ2n) is 25.3. The van der Waals surface area contributed by atoms with Crippen LogP contribution in [0.25, 0.3) is 0 Å². The Kier molecular flexibility index (Phi) is 68.4. The number of amides is 1. The molecule has 1 amide bonds. The van der Waals surface area contributed by atoms with Crippen LogP contribution in [0.5, 0.6) is 0 Å². The van der Waals surface area contributed by atoms with Crippen molar-refractivity contribution < 1.29 is 24.5 Å². The molecule has 0 saturated carbocycles. The molecule has 0 heterocycles. The van der Waals surface area contributed by atoms with Crippen LogP contribution in [0.4, 0.5) is 0 Å². The Morgan fingerprint density at radius 2 is 0.625 bits per heavy atom. The summed E-state index contributed by atoms with van der Waals surface area (Å²) in [5, 5.41) is 23.2. The summed E-state index contributed by atoms with van der Waals surface area (Å²) in [4.78, 5) is 24.6. The van der Waals surface area contributed by atoms with Gasteiger partial charge in [-0.15, -0.1) is 0 Å². The minimum absolute atomic E-state index is 0.0197. The van der Waals surface area contributed by atoms with Gasteiger partial charge in [0.2, 0.25) is 5.91 Å². The number of aliphatic hydroxyl groups is 2. The molecular weight excluding hydrogens is 983 g/mol. The van der Waals surface area contributed by atoms with E-state index in [0.29, 0.717) is 25.9 Å². The molecule has 0 aromatic carbocycles. The number of allylic oxidation sites excluding steroid dienone is 4. The molecule has 0 aromatic rings. The van der Waals surface area contributed by atoms with Gasteiger partial charge in [-0.25, -0.2) is 0 Å². The Labute approximate surface area is 501 Å². The van der Waals surface area contributed by atoms with Crippen molar-refractivity contribution >= 4 is 11.9 Å². The number of unbranched alkanes of at least 4 members (excludes halogenated alkanes) is 54. The molecule has 3 N–H and O–H groups in total. The van der Waals surface area contributed by atoms with E-state index in [2.05, 4.69) is 43.5 Å². The summed E-state index contributed by atoms with van der Waals surface area (Å²) in [5.74, 6) is -0.0124. The molecule has 6 nitrogen and oxygen atoms in total. The first-order valence-electron chi connectivity index (χ1n) is 36.6. The first-order chi connectivity index (χ1) is 39.5. The largest absolute Gasteiger partial charge is 0.466 e. The van der Waals surface area contributed by atoms with E-state index in [-0.39, 0.29) is 18.5 Å². The summed E-state index contributed by atoms with van der Waals surface area (Å²) in [6.45, 7) is 4.98. The third-order valence-electron chi connectivity index (χ3n) is 17.3. The number of carbonyl (C=O) groups is 2. The number of carbonyl (C=O) groups excluding carboxylic acids is 2. The van der Waals surface area contributed by atoms with E-state index in [4.69, 9.17) is 4.74 Å². The van der Waals surface area contributed by atoms with Crippen molar-refractivity contribution in [2.24, 2.45) is 0 Å². The number of rotatable bonds is 69. The second kappa shape index (κ2) is 69.8. The van der Waals surface area contributed by atoms with Gasteiger partial charge in [0.15, 0.2) is 0 Å². The van der Waals surface area contributed by atoms with Crippen LogP contribution in [-0.4, -0.2) is 47.4 Å². The molecule has 2 unspecified atom stereocenters. The maximum atomic E-state index is 12.5. The van der Waals surface area contributed by atoms with Crippen molar-refractivity contribution in [2.75, 3.05) is 13.2 Å². The van der Waals surface area contributed by atoms with Crippen LogP contribution in [0.15, 0.2) is 24.3 Å². The first-order valence-corrected chi connectivity index (χ1v) is 36.6. The Hall–Kier alpha value is -1.66. The van der Waals surface area contributed by atoms with Crippen LogP contribution in [0.3, 0.4) is 0 Å². The highest BCUT2D eigenvalue weighted by atomic mass is 16.5. The van der Waals surface area contributed by atoms with Gasteiger partial charge in [-0.2, -0.15) is 0 Å². The van der Waals surface area contributed by atoms with Gasteiger partial charge in [-0.3, -0.25) is 9.59 Å². The van der Waals surface area contributed by atoms with E-state index >= 15 is 0 Å². The maximum absolute atomic E-state index is 12.5. The summed E-state index contributed by atoms with van der Waals surface area (Å²) in [6.07, 6.45) is 88.2. The smallest absolute Gasteiger partial charge is 0.305 e. The predicted octanol–water partition coefficient (Wildman–Crippen LogP) is 23.7. The van der Waals surface area contributed by atoms with Crippen LogP contribution in [0.1, 0.15) is 412 Å². The van der Waals surface area contributed by atoms with Gasteiger partial charge in [0.05, 0.1) is 25.4 Å². The lowest BCUT2D eigenvalue weighted by Crippen LogP contribution is -2.45. The zero-order valence-electron chi connectivity index (χ0n) is 54.3. The SMILES string of the molecule is CCCCCCCCCCCCCCCCCCCCCC(=O)OCCCCCCCCCCC/C=C\C/C=C\CCCCCCCCCCCCCCCCCCCC(=O)NC(CO)C(O)CCCCCCCCCCCCC. The van der Waals surface area contributed by atoms with Gasteiger partial charge < -0.3 is 20.3 Å². The Morgan fingerprint density at radius 1 is 0.350 bits per heavy atom. The molecule has 474 valence electrons. The van der Waals surface area contributed by atoms with E-state index in [9.17, 15) is 19.8 Å². The molecule has 6 heteroatoms. The highest BCUT2D eigenvalue weighted by Gasteiger charge is 2.20. The van der Waals surface area contributed by atoms with Crippen molar-refractivity contribution in [3.05, 3.63) is 24.3 Å². The summed E-state index contributed by atoms with van der Waals surface area (Å²) in [7, 11) is 0. The molecule has 0 fully saturated rings. The van der Waals surface area contributed by atoms with Crippen LogP contribution < -0.4 is 5.32 Å². The molecule has 0 bridgehead atoms. The second-order valence-corrected chi connectivity index (χ2v) is 25.3. The number of aliphatic hydroxyl groups excluding tert-OH is 2. The summed E-state index contributed by atoms with van der Waals surface area (Å²) >= 11 is 0. The lowest BCUT2D eigenvalue weighted by Gasteiger charge is -2.22. The molecule has 0 aliphatic heterocycles. The quantitative estimate of drug-likeness (QED) is 0.0320. The molecule has 0 spiro atoms. The minimum Gasteiger partial charge on any atom is -0.466 e. The van der Waals surface area contributed by atoms with Crippen LogP contribution >= 0.6 is 0 Å². The number of esters is 1. The molecule has 0 aromatic heterocycles. The third-order valence-corrected chi connectivity index (χ3v) is 17.3. The molecule has 0 aliphatic rings. The summed E-state index contributed by atoms with van der Waals surface area (Å²) < 4.78 is 5.51. The fourth-order valence-corrected chi connectivity index (χ4v) is 11.7. The van der Waals surface area contributed by atoms with Gasteiger partial charge in [-0.05, 0) is 57.8 Å². The normalized spacial score (nSPS) is 12.6. The minimum atomic E-state index is -0.661.